The standard InChI is InChI=1S/C18H24N2O2/c1-13(2)18(21)22-16-7-5-6-15-17(16)14(12-19-15)8-11-20-9-3-4-10-20/h5-7,12-13,19H,3-4,8-11H2,1-2H3. The highest BCUT2D eigenvalue weighted by Gasteiger charge is 2.16. The molecule has 1 N–H and O–H groups in total. The zero-order valence-electron chi connectivity index (χ0n) is 13.4. The first kappa shape index (κ1) is 15.1. The second kappa shape index (κ2) is 6.53. The van der Waals surface area contributed by atoms with Crippen molar-refractivity contribution >= 4 is 16.9 Å². The van der Waals surface area contributed by atoms with Crippen LogP contribution in [0.25, 0.3) is 10.9 Å². The summed E-state index contributed by atoms with van der Waals surface area (Å²) in [4.78, 5) is 17.7. The second-order valence-corrected chi connectivity index (χ2v) is 6.37. The third kappa shape index (κ3) is 3.17. The quantitative estimate of drug-likeness (QED) is 0.680. The Balaban J connectivity index is 1.82. The van der Waals surface area contributed by atoms with Gasteiger partial charge in [-0.25, -0.2) is 0 Å². The zero-order chi connectivity index (χ0) is 15.5. The summed E-state index contributed by atoms with van der Waals surface area (Å²) in [5, 5.41) is 1.05. The molecule has 1 fully saturated rings. The van der Waals surface area contributed by atoms with Crippen molar-refractivity contribution in [2.75, 3.05) is 19.6 Å². The van der Waals surface area contributed by atoms with Gasteiger partial charge in [0, 0.05) is 23.6 Å². The molecule has 2 aromatic rings. The minimum absolute atomic E-state index is 0.123. The molecule has 1 aliphatic heterocycles. The third-order valence-corrected chi connectivity index (χ3v) is 4.33. The van der Waals surface area contributed by atoms with Gasteiger partial charge >= 0.3 is 5.97 Å². The first-order valence-corrected chi connectivity index (χ1v) is 8.18. The van der Waals surface area contributed by atoms with E-state index in [0.717, 1.165) is 23.9 Å². The number of aromatic nitrogens is 1. The van der Waals surface area contributed by atoms with Gasteiger partial charge in [0.2, 0.25) is 0 Å². The van der Waals surface area contributed by atoms with Crippen molar-refractivity contribution in [1.29, 1.82) is 0 Å². The summed E-state index contributed by atoms with van der Waals surface area (Å²) < 4.78 is 5.59. The molecule has 1 aromatic heterocycles. The summed E-state index contributed by atoms with van der Waals surface area (Å²) in [6.07, 6.45) is 5.65. The van der Waals surface area contributed by atoms with E-state index in [2.05, 4.69) is 9.88 Å². The molecule has 0 amide bonds. The van der Waals surface area contributed by atoms with Gasteiger partial charge in [-0.1, -0.05) is 19.9 Å². The molecule has 0 spiro atoms. The molecule has 22 heavy (non-hydrogen) atoms. The summed E-state index contributed by atoms with van der Waals surface area (Å²) in [7, 11) is 0. The van der Waals surface area contributed by atoms with Gasteiger partial charge in [0.15, 0.2) is 0 Å². The number of rotatable bonds is 5. The molecule has 0 unspecified atom stereocenters. The van der Waals surface area contributed by atoms with Gasteiger partial charge in [0.25, 0.3) is 0 Å². The number of nitrogens with one attached hydrogen (secondary N) is 1. The van der Waals surface area contributed by atoms with Crippen LogP contribution < -0.4 is 4.74 Å². The van der Waals surface area contributed by atoms with Gasteiger partial charge in [-0.15, -0.1) is 0 Å². The lowest BCUT2D eigenvalue weighted by molar-refractivity contribution is -0.137. The lowest BCUT2D eigenvalue weighted by Gasteiger charge is -2.14. The number of nitrogens with zero attached hydrogens (tertiary/aromatic N) is 1. The summed E-state index contributed by atoms with van der Waals surface area (Å²) in [5.41, 5.74) is 2.26. The molecular weight excluding hydrogens is 276 g/mol. The van der Waals surface area contributed by atoms with Crippen LogP contribution >= 0.6 is 0 Å². The molecule has 4 nitrogen and oxygen atoms in total. The molecule has 1 aliphatic rings. The summed E-state index contributed by atoms with van der Waals surface area (Å²) in [6.45, 7) is 7.19. The second-order valence-electron chi connectivity index (χ2n) is 6.37. The highest BCUT2D eigenvalue weighted by atomic mass is 16.5. The third-order valence-electron chi connectivity index (χ3n) is 4.33. The molecule has 1 aromatic carbocycles. The Bertz CT molecular complexity index is 654. The molecular formula is C18H24N2O2. The number of ether oxygens (including phenoxy) is 1. The van der Waals surface area contributed by atoms with Crippen LogP contribution in [0.1, 0.15) is 32.3 Å². The van der Waals surface area contributed by atoms with Crippen LogP contribution in [0.15, 0.2) is 24.4 Å². The number of hydrogen-bond donors (Lipinski definition) is 1. The molecule has 0 saturated carbocycles. The summed E-state index contributed by atoms with van der Waals surface area (Å²) >= 11 is 0. The van der Waals surface area contributed by atoms with Gasteiger partial charge < -0.3 is 14.6 Å². The number of carbonyl (C=O) groups excluding carboxylic acids is 1. The average molecular weight is 300 g/mol. The lowest BCUT2D eigenvalue weighted by atomic mass is 10.1. The highest BCUT2D eigenvalue weighted by molar-refractivity contribution is 5.91. The van der Waals surface area contributed by atoms with Crippen molar-refractivity contribution in [2.24, 2.45) is 5.92 Å². The van der Waals surface area contributed by atoms with E-state index in [4.69, 9.17) is 4.74 Å². The van der Waals surface area contributed by atoms with E-state index in [9.17, 15) is 4.79 Å². The van der Waals surface area contributed by atoms with E-state index in [1.165, 1.54) is 31.5 Å². The maximum absolute atomic E-state index is 11.9. The normalized spacial score (nSPS) is 15.8. The van der Waals surface area contributed by atoms with Crippen molar-refractivity contribution in [1.82, 2.24) is 9.88 Å². The molecule has 0 radical (unpaired) electrons. The van der Waals surface area contributed by atoms with Gasteiger partial charge in [-0.05, 0) is 50.0 Å². The van der Waals surface area contributed by atoms with Crippen LogP contribution in [-0.2, 0) is 11.2 Å². The van der Waals surface area contributed by atoms with E-state index in [-0.39, 0.29) is 11.9 Å². The van der Waals surface area contributed by atoms with Crippen LogP contribution in [0.5, 0.6) is 5.75 Å². The van der Waals surface area contributed by atoms with E-state index in [1.54, 1.807) is 0 Å². The van der Waals surface area contributed by atoms with Crippen LogP contribution in [0.4, 0.5) is 0 Å². The number of benzene rings is 1. The number of fused-ring (bicyclic) bond motifs is 1. The molecule has 0 atom stereocenters. The maximum Gasteiger partial charge on any atom is 0.313 e. The molecule has 4 heteroatoms. The number of esters is 1. The fourth-order valence-electron chi connectivity index (χ4n) is 3.01. The van der Waals surface area contributed by atoms with Gasteiger partial charge in [0.1, 0.15) is 5.75 Å². The molecule has 0 aliphatic carbocycles. The summed E-state index contributed by atoms with van der Waals surface area (Å²) in [5.74, 6) is 0.371. The predicted molar refractivity (Wildman–Crippen MR) is 88.1 cm³/mol. The van der Waals surface area contributed by atoms with E-state index >= 15 is 0 Å². The van der Waals surface area contributed by atoms with Crippen molar-refractivity contribution in [3.8, 4) is 5.75 Å². The minimum atomic E-state index is -0.181. The van der Waals surface area contributed by atoms with Crippen molar-refractivity contribution in [3.63, 3.8) is 0 Å². The number of likely N-dealkylation sites (tertiary alicyclic amines) is 1. The first-order chi connectivity index (χ1) is 10.6. The van der Waals surface area contributed by atoms with Crippen LogP contribution in [0.3, 0.4) is 0 Å². The van der Waals surface area contributed by atoms with Crippen LogP contribution in [-0.4, -0.2) is 35.5 Å². The number of H-pyrrole nitrogens is 1. The highest BCUT2D eigenvalue weighted by Crippen LogP contribution is 2.30. The summed E-state index contributed by atoms with van der Waals surface area (Å²) in [6, 6.07) is 5.84. The minimum Gasteiger partial charge on any atom is -0.426 e. The van der Waals surface area contributed by atoms with E-state index in [0.29, 0.717) is 5.75 Å². The SMILES string of the molecule is CC(C)C(=O)Oc1cccc2[nH]cc(CCN3CCCC3)c12. The fraction of sp³-hybridized carbons (Fsp3) is 0.500. The van der Waals surface area contributed by atoms with Gasteiger partial charge in [-0.2, -0.15) is 0 Å². The number of carbonyl (C=O) groups is 1. The first-order valence-electron chi connectivity index (χ1n) is 8.18. The number of aromatic amines is 1. The Labute approximate surface area is 131 Å². The Hall–Kier alpha value is -1.81. The Morgan fingerprint density at radius 3 is 2.82 bits per heavy atom. The van der Waals surface area contributed by atoms with Gasteiger partial charge in [-0.3, -0.25) is 4.79 Å². The van der Waals surface area contributed by atoms with Crippen LogP contribution in [0, 0.1) is 5.92 Å². The molecule has 2 heterocycles. The maximum atomic E-state index is 11.9. The van der Waals surface area contributed by atoms with Crippen LogP contribution in [0.2, 0.25) is 0 Å². The molecule has 3 rings (SSSR count). The van der Waals surface area contributed by atoms with E-state index < -0.39 is 0 Å². The zero-order valence-corrected chi connectivity index (χ0v) is 13.4. The van der Waals surface area contributed by atoms with E-state index in [1.807, 2.05) is 38.2 Å². The fourth-order valence-corrected chi connectivity index (χ4v) is 3.01. The van der Waals surface area contributed by atoms with Crippen molar-refractivity contribution < 1.29 is 9.53 Å². The average Bonchev–Trinajstić information content (AvgIpc) is 3.14. The Morgan fingerprint density at radius 1 is 1.32 bits per heavy atom. The molecule has 0 bridgehead atoms. The largest absolute Gasteiger partial charge is 0.426 e. The smallest absolute Gasteiger partial charge is 0.313 e. The predicted octanol–water partition coefficient (Wildman–Crippen LogP) is 3.37. The van der Waals surface area contributed by atoms with Crippen molar-refractivity contribution in [2.45, 2.75) is 33.1 Å². The van der Waals surface area contributed by atoms with Crippen molar-refractivity contribution in [3.05, 3.63) is 30.0 Å². The van der Waals surface area contributed by atoms with Gasteiger partial charge in [0.05, 0.1) is 5.92 Å². The monoisotopic (exact) mass is 300 g/mol. The molecule has 118 valence electrons. The Morgan fingerprint density at radius 2 is 2.09 bits per heavy atom. The Kier molecular flexibility index (Phi) is 4.48. The topological polar surface area (TPSA) is 45.3 Å². The molecule has 1 saturated heterocycles. The number of hydrogen-bond acceptors (Lipinski definition) is 3. The lowest BCUT2D eigenvalue weighted by Crippen LogP contribution is -2.21.